The number of hydrogen-bond acceptors (Lipinski definition) is 2. The van der Waals surface area contributed by atoms with Crippen molar-refractivity contribution < 1.29 is 0 Å². The number of aromatic nitrogens is 2. The maximum atomic E-state index is 12.1. The SMILES string of the molecule is O=c1cc(Cl)nc(C2CC2)n1CCCCc1ccccc1. The quantitative estimate of drug-likeness (QED) is 0.601. The molecule has 3 rings (SSSR count). The molecule has 0 bridgehead atoms. The zero-order chi connectivity index (χ0) is 14.7. The van der Waals surface area contributed by atoms with Crippen molar-refractivity contribution in [3.05, 3.63) is 63.3 Å². The lowest BCUT2D eigenvalue weighted by molar-refractivity contribution is 0.558. The van der Waals surface area contributed by atoms with Gasteiger partial charge in [-0.1, -0.05) is 41.9 Å². The van der Waals surface area contributed by atoms with E-state index in [9.17, 15) is 4.79 Å². The Bertz CT molecular complexity index is 662. The predicted molar refractivity (Wildman–Crippen MR) is 84.9 cm³/mol. The molecule has 1 aromatic carbocycles. The summed E-state index contributed by atoms with van der Waals surface area (Å²) >= 11 is 5.91. The summed E-state index contributed by atoms with van der Waals surface area (Å²) in [5, 5.41) is 0.322. The van der Waals surface area contributed by atoms with Crippen molar-refractivity contribution in [2.45, 2.75) is 44.6 Å². The average Bonchev–Trinajstić information content (AvgIpc) is 3.30. The molecule has 1 saturated carbocycles. The minimum Gasteiger partial charge on any atom is -0.296 e. The van der Waals surface area contributed by atoms with Crippen LogP contribution in [-0.4, -0.2) is 9.55 Å². The van der Waals surface area contributed by atoms with Crippen LogP contribution in [0.3, 0.4) is 0 Å². The Morgan fingerprint density at radius 3 is 2.67 bits per heavy atom. The molecule has 0 amide bonds. The Balaban J connectivity index is 1.61. The van der Waals surface area contributed by atoms with E-state index in [0.717, 1.165) is 44.5 Å². The number of unbranched alkanes of at least 4 members (excludes halogenated alkanes) is 1. The molecule has 0 radical (unpaired) electrons. The molecule has 1 aromatic heterocycles. The van der Waals surface area contributed by atoms with Crippen LogP contribution in [0.25, 0.3) is 0 Å². The number of aryl methyl sites for hydroxylation is 1. The lowest BCUT2D eigenvalue weighted by Gasteiger charge is -2.11. The first kappa shape index (κ1) is 14.3. The molecule has 3 nitrogen and oxygen atoms in total. The molecule has 0 N–H and O–H groups in total. The lowest BCUT2D eigenvalue weighted by atomic mass is 10.1. The van der Waals surface area contributed by atoms with Crippen LogP contribution >= 0.6 is 11.6 Å². The third-order valence-corrected chi connectivity index (χ3v) is 4.08. The zero-order valence-corrected chi connectivity index (χ0v) is 12.7. The van der Waals surface area contributed by atoms with Crippen molar-refractivity contribution in [3.8, 4) is 0 Å². The second-order valence-corrected chi connectivity index (χ2v) is 6.03. The minimum atomic E-state index is -0.0170. The van der Waals surface area contributed by atoms with E-state index in [2.05, 4.69) is 29.2 Å². The van der Waals surface area contributed by atoms with E-state index >= 15 is 0 Å². The Morgan fingerprint density at radius 2 is 1.95 bits per heavy atom. The molecular formula is C17H19ClN2O. The molecule has 21 heavy (non-hydrogen) atoms. The van der Waals surface area contributed by atoms with E-state index in [1.54, 1.807) is 0 Å². The summed E-state index contributed by atoms with van der Waals surface area (Å²) in [6, 6.07) is 11.9. The highest BCUT2D eigenvalue weighted by Gasteiger charge is 2.28. The number of benzene rings is 1. The van der Waals surface area contributed by atoms with E-state index < -0.39 is 0 Å². The topological polar surface area (TPSA) is 34.9 Å². The fourth-order valence-corrected chi connectivity index (χ4v) is 2.80. The maximum Gasteiger partial charge on any atom is 0.254 e. The van der Waals surface area contributed by atoms with E-state index in [4.69, 9.17) is 11.6 Å². The van der Waals surface area contributed by atoms with Crippen molar-refractivity contribution in [2.75, 3.05) is 0 Å². The second-order valence-electron chi connectivity index (χ2n) is 5.64. The third kappa shape index (κ3) is 3.73. The average molecular weight is 303 g/mol. The van der Waals surface area contributed by atoms with Crippen LogP contribution in [0.4, 0.5) is 0 Å². The van der Waals surface area contributed by atoms with Gasteiger partial charge < -0.3 is 0 Å². The molecule has 2 aromatic rings. The first-order valence-corrected chi connectivity index (χ1v) is 7.93. The first-order valence-electron chi connectivity index (χ1n) is 7.55. The molecule has 110 valence electrons. The smallest absolute Gasteiger partial charge is 0.254 e. The maximum absolute atomic E-state index is 12.1. The van der Waals surface area contributed by atoms with Crippen LogP contribution in [0.15, 0.2) is 41.2 Å². The Morgan fingerprint density at radius 1 is 1.19 bits per heavy atom. The number of hydrogen-bond donors (Lipinski definition) is 0. The molecule has 0 spiro atoms. The third-order valence-electron chi connectivity index (χ3n) is 3.89. The molecule has 0 atom stereocenters. The van der Waals surface area contributed by atoms with E-state index in [0.29, 0.717) is 11.1 Å². The molecule has 1 aliphatic rings. The summed E-state index contributed by atoms with van der Waals surface area (Å²) < 4.78 is 1.81. The molecule has 4 heteroatoms. The molecule has 0 unspecified atom stereocenters. The van der Waals surface area contributed by atoms with Crippen molar-refractivity contribution in [1.82, 2.24) is 9.55 Å². The summed E-state index contributed by atoms with van der Waals surface area (Å²) in [4.78, 5) is 16.5. The fraction of sp³-hybridized carbons (Fsp3) is 0.412. The van der Waals surface area contributed by atoms with Gasteiger partial charge in [0.25, 0.3) is 5.56 Å². The first-order chi connectivity index (χ1) is 10.2. The number of halogens is 1. The Hall–Kier alpha value is -1.61. The van der Waals surface area contributed by atoms with Crippen LogP contribution in [0.5, 0.6) is 0 Å². The minimum absolute atomic E-state index is 0.0170. The molecule has 0 aliphatic heterocycles. The summed E-state index contributed by atoms with van der Waals surface area (Å²) in [6.45, 7) is 0.738. The van der Waals surface area contributed by atoms with Gasteiger partial charge in [0.2, 0.25) is 0 Å². The van der Waals surface area contributed by atoms with Crippen molar-refractivity contribution in [1.29, 1.82) is 0 Å². The predicted octanol–water partition coefficient (Wildman–Crippen LogP) is 3.80. The van der Waals surface area contributed by atoms with E-state index in [1.165, 1.54) is 11.6 Å². The van der Waals surface area contributed by atoms with Crippen LogP contribution < -0.4 is 5.56 Å². The molecule has 0 saturated heterocycles. The van der Waals surface area contributed by atoms with Gasteiger partial charge in [0.15, 0.2) is 0 Å². The van der Waals surface area contributed by atoms with Crippen molar-refractivity contribution in [2.24, 2.45) is 0 Å². The zero-order valence-electron chi connectivity index (χ0n) is 12.0. The summed E-state index contributed by atoms with van der Waals surface area (Å²) in [7, 11) is 0. The van der Waals surface area contributed by atoms with E-state index in [1.807, 2.05) is 10.6 Å². The molecule has 1 heterocycles. The van der Waals surface area contributed by atoms with Gasteiger partial charge in [0.1, 0.15) is 11.0 Å². The van der Waals surface area contributed by atoms with Gasteiger partial charge in [-0.25, -0.2) is 4.98 Å². The lowest BCUT2D eigenvalue weighted by Crippen LogP contribution is -2.24. The molecular weight excluding hydrogens is 284 g/mol. The molecule has 1 aliphatic carbocycles. The highest BCUT2D eigenvalue weighted by atomic mass is 35.5. The monoisotopic (exact) mass is 302 g/mol. The van der Waals surface area contributed by atoms with Crippen molar-refractivity contribution >= 4 is 11.6 Å². The van der Waals surface area contributed by atoms with Crippen LogP contribution in [-0.2, 0) is 13.0 Å². The van der Waals surface area contributed by atoms with Gasteiger partial charge in [0.05, 0.1) is 0 Å². The van der Waals surface area contributed by atoms with Gasteiger partial charge in [-0.2, -0.15) is 0 Å². The van der Waals surface area contributed by atoms with Gasteiger partial charge in [-0.05, 0) is 37.7 Å². The second kappa shape index (κ2) is 6.44. The summed E-state index contributed by atoms with van der Waals surface area (Å²) in [5.74, 6) is 1.32. The Kier molecular flexibility index (Phi) is 4.39. The van der Waals surface area contributed by atoms with Crippen LogP contribution in [0, 0.1) is 0 Å². The van der Waals surface area contributed by atoms with Crippen molar-refractivity contribution in [3.63, 3.8) is 0 Å². The highest BCUT2D eigenvalue weighted by Crippen LogP contribution is 2.38. The van der Waals surface area contributed by atoms with Gasteiger partial charge in [0, 0.05) is 18.5 Å². The standard InChI is InChI=1S/C17H19ClN2O/c18-15-12-16(21)20(17(19-15)14-9-10-14)11-5-4-8-13-6-2-1-3-7-13/h1-3,6-7,12,14H,4-5,8-11H2. The van der Waals surface area contributed by atoms with Gasteiger partial charge in [-0.3, -0.25) is 9.36 Å². The Labute approximate surface area is 129 Å². The summed E-state index contributed by atoms with van der Waals surface area (Å²) in [6.07, 6.45) is 5.35. The van der Waals surface area contributed by atoms with Gasteiger partial charge >= 0.3 is 0 Å². The normalized spacial score (nSPS) is 14.3. The van der Waals surface area contributed by atoms with E-state index in [-0.39, 0.29) is 5.56 Å². The molecule has 1 fully saturated rings. The highest BCUT2D eigenvalue weighted by molar-refractivity contribution is 6.29. The summed E-state index contributed by atoms with van der Waals surface area (Å²) in [5.41, 5.74) is 1.33. The van der Waals surface area contributed by atoms with Gasteiger partial charge in [-0.15, -0.1) is 0 Å². The fourth-order valence-electron chi connectivity index (χ4n) is 2.62. The number of rotatable bonds is 6. The largest absolute Gasteiger partial charge is 0.296 e. The van der Waals surface area contributed by atoms with Crippen LogP contribution in [0.2, 0.25) is 5.15 Å². The van der Waals surface area contributed by atoms with Crippen LogP contribution in [0.1, 0.15) is 43.0 Å². The number of nitrogens with zero attached hydrogens (tertiary/aromatic N) is 2.